The maximum atomic E-state index is 13.9. The Morgan fingerprint density at radius 3 is 2.82 bits per heavy atom. The van der Waals surface area contributed by atoms with Gasteiger partial charge in [-0.05, 0) is 35.2 Å². The van der Waals surface area contributed by atoms with E-state index >= 15 is 0 Å². The van der Waals surface area contributed by atoms with Gasteiger partial charge in [0.2, 0.25) is 0 Å². The Hall–Kier alpha value is -3.26. The second-order valence-corrected chi connectivity index (χ2v) is 7.06. The molecule has 8 heteroatoms. The zero-order valence-corrected chi connectivity index (χ0v) is 15.6. The lowest BCUT2D eigenvalue weighted by Gasteiger charge is -2.28. The van der Waals surface area contributed by atoms with E-state index in [1.807, 2.05) is 0 Å². The number of nitrogens with zero attached hydrogens (tertiary/aromatic N) is 1. The molecule has 2 aromatic rings. The minimum Gasteiger partial charge on any atom is -0.508 e. The summed E-state index contributed by atoms with van der Waals surface area (Å²) in [7, 11) is 0. The summed E-state index contributed by atoms with van der Waals surface area (Å²) in [5.74, 6) is -1.91. The van der Waals surface area contributed by atoms with Crippen LogP contribution in [0, 0.1) is 5.82 Å². The Balaban J connectivity index is 1.98. The molecule has 0 aliphatic carbocycles. The highest BCUT2D eigenvalue weighted by Gasteiger charge is 2.38. The predicted octanol–water partition coefficient (Wildman–Crippen LogP) is 2.98. The zero-order chi connectivity index (χ0) is 20.3. The van der Waals surface area contributed by atoms with Crippen LogP contribution in [0.25, 0.3) is 0 Å². The SMILES string of the molecule is C=C(NC(=O)C(c1cc(F)ccc1O)N1Cc2ccccc2C1=O)S/C=C\N. The fraction of sp³-hybridized carbons (Fsp3) is 0.100. The average Bonchev–Trinajstić information content (AvgIpc) is 3.00. The van der Waals surface area contributed by atoms with Crippen molar-refractivity contribution in [3.63, 3.8) is 0 Å². The standard InChI is InChI=1S/C20H18FN3O3S/c1-12(28-9-8-22)23-19(26)18(16-10-14(21)6-7-17(16)25)24-11-13-4-2-3-5-15(13)20(24)27/h2-10,18,25H,1,11,22H2,(H,23,26)/b9-8-. The summed E-state index contributed by atoms with van der Waals surface area (Å²) in [6.45, 7) is 3.88. The van der Waals surface area contributed by atoms with Gasteiger partial charge < -0.3 is 21.1 Å². The van der Waals surface area contributed by atoms with Gasteiger partial charge in [0.25, 0.3) is 11.8 Å². The van der Waals surface area contributed by atoms with Crippen LogP contribution in [0.2, 0.25) is 0 Å². The van der Waals surface area contributed by atoms with Crippen LogP contribution in [0.4, 0.5) is 4.39 Å². The van der Waals surface area contributed by atoms with E-state index in [1.54, 1.807) is 24.3 Å². The number of aromatic hydroxyl groups is 1. The highest BCUT2D eigenvalue weighted by atomic mass is 32.2. The Morgan fingerprint density at radius 2 is 2.11 bits per heavy atom. The molecule has 144 valence electrons. The van der Waals surface area contributed by atoms with Gasteiger partial charge in [-0.2, -0.15) is 0 Å². The van der Waals surface area contributed by atoms with Gasteiger partial charge in [0, 0.05) is 23.9 Å². The van der Waals surface area contributed by atoms with E-state index in [0.29, 0.717) is 5.56 Å². The summed E-state index contributed by atoms with van der Waals surface area (Å²) in [6, 6.07) is 9.01. The van der Waals surface area contributed by atoms with Crippen molar-refractivity contribution in [3.8, 4) is 5.75 Å². The van der Waals surface area contributed by atoms with E-state index in [1.165, 1.54) is 16.5 Å². The molecule has 1 aliphatic heterocycles. The third-order valence-corrected chi connectivity index (χ3v) is 4.92. The molecule has 2 aromatic carbocycles. The van der Waals surface area contributed by atoms with E-state index in [4.69, 9.17) is 5.73 Å². The lowest BCUT2D eigenvalue weighted by atomic mass is 10.0. The Bertz CT molecular complexity index is 977. The molecule has 4 N–H and O–H groups in total. The van der Waals surface area contributed by atoms with E-state index in [2.05, 4.69) is 11.9 Å². The molecule has 2 amide bonds. The smallest absolute Gasteiger partial charge is 0.255 e. The number of benzene rings is 2. The summed E-state index contributed by atoms with van der Waals surface area (Å²) in [4.78, 5) is 27.2. The highest BCUT2D eigenvalue weighted by molar-refractivity contribution is 8.05. The number of hydrogen-bond donors (Lipinski definition) is 3. The summed E-state index contributed by atoms with van der Waals surface area (Å²) in [5.41, 5.74) is 6.49. The van der Waals surface area contributed by atoms with Gasteiger partial charge in [-0.1, -0.05) is 36.5 Å². The molecule has 0 aromatic heterocycles. The first kappa shape index (κ1) is 19.5. The number of carbonyl (C=O) groups excluding carboxylic acids is 2. The van der Waals surface area contributed by atoms with E-state index in [0.717, 1.165) is 35.5 Å². The number of thioether (sulfide) groups is 1. The summed E-state index contributed by atoms with van der Waals surface area (Å²) >= 11 is 1.08. The van der Waals surface area contributed by atoms with Crippen molar-refractivity contribution < 1.29 is 19.1 Å². The van der Waals surface area contributed by atoms with E-state index in [9.17, 15) is 19.1 Å². The Kier molecular flexibility index (Phi) is 5.70. The molecular formula is C20H18FN3O3S. The molecule has 0 saturated carbocycles. The number of carbonyl (C=O) groups is 2. The summed E-state index contributed by atoms with van der Waals surface area (Å²) in [5, 5.41) is 14.6. The number of amides is 2. The Morgan fingerprint density at radius 1 is 1.36 bits per heavy atom. The topological polar surface area (TPSA) is 95.7 Å². The first-order valence-corrected chi connectivity index (χ1v) is 9.20. The van der Waals surface area contributed by atoms with Crippen LogP contribution in [0.15, 0.2) is 65.7 Å². The molecule has 1 unspecified atom stereocenters. The molecule has 0 spiro atoms. The van der Waals surface area contributed by atoms with Crippen LogP contribution in [0.1, 0.15) is 27.5 Å². The molecule has 0 saturated heterocycles. The van der Waals surface area contributed by atoms with Crippen molar-refractivity contribution in [3.05, 3.63) is 88.2 Å². The number of nitrogens with one attached hydrogen (secondary N) is 1. The summed E-state index contributed by atoms with van der Waals surface area (Å²) in [6.07, 6.45) is 1.29. The predicted molar refractivity (Wildman–Crippen MR) is 105 cm³/mol. The molecule has 0 fully saturated rings. The minimum absolute atomic E-state index is 0.00850. The van der Waals surface area contributed by atoms with Gasteiger partial charge in [-0.3, -0.25) is 9.59 Å². The maximum Gasteiger partial charge on any atom is 0.255 e. The highest BCUT2D eigenvalue weighted by Crippen LogP contribution is 2.36. The lowest BCUT2D eigenvalue weighted by Crippen LogP contribution is -2.40. The van der Waals surface area contributed by atoms with Crippen molar-refractivity contribution in [1.82, 2.24) is 10.2 Å². The molecular weight excluding hydrogens is 381 g/mol. The van der Waals surface area contributed by atoms with Crippen LogP contribution in [-0.2, 0) is 11.3 Å². The zero-order valence-electron chi connectivity index (χ0n) is 14.8. The largest absolute Gasteiger partial charge is 0.508 e. The van der Waals surface area contributed by atoms with Crippen molar-refractivity contribution >= 4 is 23.6 Å². The second-order valence-electron chi connectivity index (χ2n) is 6.05. The first-order valence-electron chi connectivity index (χ1n) is 8.33. The molecule has 0 bridgehead atoms. The molecule has 1 heterocycles. The molecule has 0 radical (unpaired) electrons. The number of nitrogens with two attached hydrogens (primary N) is 1. The molecule has 6 nitrogen and oxygen atoms in total. The Labute approximate surface area is 165 Å². The van der Waals surface area contributed by atoms with Crippen molar-refractivity contribution in [2.24, 2.45) is 5.73 Å². The van der Waals surface area contributed by atoms with Crippen LogP contribution < -0.4 is 11.1 Å². The minimum atomic E-state index is -1.24. The number of phenolic OH excluding ortho intramolecular Hbond substituents is 1. The molecule has 1 atom stereocenters. The van der Waals surface area contributed by atoms with Gasteiger partial charge in [0.1, 0.15) is 17.6 Å². The fourth-order valence-electron chi connectivity index (χ4n) is 3.04. The first-order chi connectivity index (χ1) is 13.4. The number of phenols is 1. The van der Waals surface area contributed by atoms with E-state index < -0.39 is 17.8 Å². The van der Waals surface area contributed by atoms with Crippen LogP contribution in [0.3, 0.4) is 0 Å². The lowest BCUT2D eigenvalue weighted by molar-refractivity contribution is -0.125. The number of hydrogen-bond acceptors (Lipinski definition) is 5. The van der Waals surface area contributed by atoms with Crippen LogP contribution in [0.5, 0.6) is 5.75 Å². The van der Waals surface area contributed by atoms with Crippen molar-refractivity contribution in [1.29, 1.82) is 0 Å². The summed E-state index contributed by atoms with van der Waals surface area (Å²) < 4.78 is 13.9. The van der Waals surface area contributed by atoms with Gasteiger partial charge in [0.15, 0.2) is 0 Å². The van der Waals surface area contributed by atoms with Gasteiger partial charge in [-0.25, -0.2) is 4.39 Å². The van der Waals surface area contributed by atoms with E-state index in [-0.39, 0.29) is 28.8 Å². The van der Waals surface area contributed by atoms with Gasteiger partial charge in [-0.15, -0.1) is 0 Å². The number of halogens is 1. The monoisotopic (exact) mass is 399 g/mol. The quantitative estimate of drug-likeness (QED) is 0.694. The normalized spacial score (nSPS) is 14.2. The average molecular weight is 399 g/mol. The van der Waals surface area contributed by atoms with Gasteiger partial charge >= 0.3 is 0 Å². The number of rotatable bonds is 6. The van der Waals surface area contributed by atoms with Gasteiger partial charge in [0.05, 0.1) is 5.03 Å². The molecule has 1 aliphatic rings. The van der Waals surface area contributed by atoms with Crippen LogP contribution >= 0.6 is 11.8 Å². The number of fused-ring (bicyclic) bond motifs is 1. The van der Waals surface area contributed by atoms with Crippen LogP contribution in [-0.4, -0.2) is 21.8 Å². The maximum absolute atomic E-state index is 13.9. The third kappa shape index (κ3) is 3.86. The fourth-order valence-corrected chi connectivity index (χ4v) is 3.44. The van der Waals surface area contributed by atoms with Crippen molar-refractivity contribution in [2.75, 3.05) is 0 Å². The molecule has 28 heavy (non-hydrogen) atoms. The molecule has 3 rings (SSSR count). The third-order valence-electron chi connectivity index (χ3n) is 4.24. The second kappa shape index (κ2) is 8.18. The van der Waals surface area contributed by atoms with Crippen molar-refractivity contribution in [2.45, 2.75) is 12.6 Å².